The molecular weight excluding hydrogens is 365 g/mol. The molecule has 1 fully saturated rings. The van der Waals surface area contributed by atoms with Crippen molar-refractivity contribution in [3.05, 3.63) is 26.8 Å². The number of halogens is 2. The summed E-state index contributed by atoms with van der Waals surface area (Å²) < 4.78 is 2.63. The van der Waals surface area contributed by atoms with E-state index in [4.69, 9.17) is 11.6 Å². The lowest BCUT2D eigenvalue weighted by molar-refractivity contribution is 0.580. The van der Waals surface area contributed by atoms with Gasteiger partial charge in [0.1, 0.15) is 0 Å². The summed E-state index contributed by atoms with van der Waals surface area (Å²) in [6, 6.07) is 6.36. The fourth-order valence-corrected chi connectivity index (χ4v) is 4.53. The van der Waals surface area contributed by atoms with E-state index >= 15 is 0 Å². The van der Waals surface area contributed by atoms with Crippen molar-refractivity contribution in [2.45, 2.75) is 19.3 Å². The highest BCUT2D eigenvalue weighted by molar-refractivity contribution is 14.1. The van der Waals surface area contributed by atoms with Gasteiger partial charge >= 0.3 is 0 Å². The van der Waals surface area contributed by atoms with Crippen LogP contribution in [0.15, 0.2) is 18.2 Å². The molecule has 2 aromatic rings. The summed E-state index contributed by atoms with van der Waals surface area (Å²) in [7, 11) is 0. The van der Waals surface area contributed by atoms with Crippen LogP contribution >= 0.6 is 45.5 Å². The van der Waals surface area contributed by atoms with Crippen molar-refractivity contribution < 1.29 is 0 Å². The summed E-state index contributed by atoms with van der Waals surface area (Å²) in [6.07, 6.45) is 4.01. The normalized spacial score (nSPS) is 16.7. The molecule has 1 saturated heterocycles. The molecule has 0 spiro atoms. The minimum atomic E-state index is 0.875. The third-order valence-electron chi connectivity index (χ3n) is 3.24. The van der Waals surface area contributed by atoms with E-state index in [0.29, 0.717) is 0 Å². The second-order valence-electron chi connectivity index (χ2n) is 4.40. The van der Waals surface area contributed by atoms with Gasteiger partial charge in [-0.05, 0) is 60.1 Å². The quantitative estimate of drug-likeness (QED) is 0.621. The molecule has 90 valence electrons. The second-order valence-corrected chi connectivity index (χ2v) is 7.00. The monoisotopic (exact) mass is 377 g/mol. The van der Waals surface area contributed by atoms with Crippen molar-refractivity contribution in [2.24, 2.45) is 0 Å². The van der Waals surface area contributed by atoms with Gasteiger partial charge in [-0.1, -0.05) is 11.6 Å². The number of thiophene rings is 1. The van der Waals surface area contributed by atoms with Crippen molar-refractivity contribution in [3.63, 3.8) is 0 Å². The van der Waals surface area contributed by atoms with Gasteiger partial charge in [0.25, 0.3) is 0 Å². The van der Waals surface area contributed by atoms with Gasteiger partial charge in [0.2, 0.25) is 0 Å². The average molecular weight is 378 g/mol. The van der Waals surface area contributed by atoms with E-state index in [-0.39, 0.29) is 0 Å². The van der Waals surface area contributed by atoms with Gasteiger partial charge in [0.05, 0.1) is 9.70 Å². The summed E-state index contributed by atoms with van der Waals surface area (Å²) in [6.45, 7) is 2.39. The Balaban J connectivity index is 2.06. The molecule has 0 unspecified atom stereocenters. The van der Waals surface area contributed by atoms with Crippen LogP contribution in [0.25, 0.3) is 10.1 Å². The van der Waals surface area contributed by atoms with Crippen LogP contribution in [0.5, 0.6) is 0 Å². The first-order chi connectivity index (χ1) is 8.25. The minimum absolute atomic E-state index is 0.875. The predicted octanol–water partition coefficient (Wildman–Crippen LogP) is 5.15. The van der Waals surface area contributed by atoms with Crippen molar-refractivity contribution in [1.29, 1.82) is 0 Å². The number of benzene rings is 1. The lowest BCUT2D eigenvalue weighted by Gasteiger charge is -2.26. The van der Waals surface area contributed by atoms with Crippen LogP contribution in [0.3, 0.4) is 0 Å². The van der Waals surface area contributed by atoms with E-state index in [1.54, 1.807) is 0 Å². The van der Waals surface area contributed by atoms with Crippen LogP contribution in [0.1, 0.15) is 19.3 Å². The Morgan fingerprint density at radius 3 is 2.65 bits per heavy atom. The molecular formula is C13H13ClINS. The number of nitrogens with zero attached hydrogens (tertiary/aromatic N) is 1. The first kappa shape index (κ1) is 12.1. The number of rotatable bonds is 1. The van der Waals surface area contributed by atoms with Gasteiger partial charge in [-0.2, -0.15) is 0 Å². The van der Waals surface area contributed by atoms with E-state index in [0.717, 1.165) is 5.02 Å². The van der Waals surface area contributed by atoms with Crippen LogP contribution < -0.4 is 4.90 Å². The van der Waals surface area contributed by atoms with Gasteiger partial charge in [0.15, 0.2) is 0 Å². The van der Waals surface area contributed by atoms with Gasteiger partial charge in [-0.25, -0.2) is 0 Å². The van der Waals surface area contributed by atoms with Crippen molar-refractivity contribution in [3.8, 4) is 0 Å². The average Bonchev–Trinajstić information content (AvgIpc) is 2.81. The van der Waals surface area contributed by atoms with E-state index in [1.165, 1.54) is 51.0 Å². The Morgan fingerprint density at radius 1 is 1.18 bits per heavy atom. The molecule has 1 aromatic carbocycles. The van der Waals surface area contributed by atoms with Crippen LogP contribution in [-0.4, -0.2) is 13.1 Å². The highest BCUT2D eigenvalue weighted by atomic mass is 127. The minimum Gasteiger partial charge on any atom is -0.363 e. The third kappa shape index (κ3) is 2.29. The molecule has 0 saturated carbocycles. The zero-order valence-corrected chi connectivity index (χ0v) is 13.1. The number of hydrogen-bond donors (Lipinski definition) is 0. The maximum absolute atomic E-state index is 6.27. The van der Waals surface area contributed by atoms with Gasteiger partial charge in [-0.15, -0.1) is 11.3 Å². The Labute approximate surface area is 124 Å². The molecule has 3 rings (SSSR count). The van der Waals surface area contributed by atoms with Gasteiger partial charge in [-0.3, -0.25) is 0 Å². The molecule has 1 aromatic heterocycles. The van der Waals surface area contributed by atoms with E-state index < -0.39 is 0 Å². The lowest BCUT2D eigenvalue weighted by atomic mass is 10.1. The van der Waals surface area contributed by atoms with E-state index in [2.05, 4.69) is 39.6 Å². The van der Waals surface area contributed by atoms with E-state index in [9.17, 15) is 0 Å². The smallest absolute Gasteiger partial charge is 0.0921 e. The number of fused-ring (bicyclic) bond motifs is 1. The van der Waals surface area contributed by atoms with Crippen molar-refractivity contribution >= 4 is 60.6 Å². The standard InChI is InChI=1S/C13H13ClINS/c14-10-4-5-11(15)13-9(10)8-12(17-13)16-6-2-1-3-7-16/h4-5,8H,1-3,6-7H2. The largest absolute Gasteiger partial charge is 0.363 e. The topological polar surface area (TPSA) is 3.24 Å². The number of hydrogen-bond acceptors (Lipinski definition) is 2. The summed E-state index contributed by atoms with van der Waals surface area (Å²) in [5.41, 5.74) is 0. The van der Waals surface area contributed by atoms with Crippen molar-refractivity contribution in [1.82, 2.24) is 0 Å². The summed E-state index contributed by atoms with van der Waals surface area (Å²) in [4.78, 5) is 2.50. The molecule has 0 amide bonds. The molecule has 0 aliphatic carbocycles. The summed E-state index contributed by atoms with van der Waals surface area (Å²) in [5.74, 6) is 0. The first-order valence-corrected chi connectivity index (χ1v) is 8.15. The molecule has 4 heteroatoms. The molecule has 1 aliphatic heterocycles. The Bertz CT molecular complexity index is 507. The Hall–Kier alpha value is -0.0000000000000000555. The predicted molar refractivity (Wildman–Crippen MR) is 85.6 cm³/mol. The molecule has 2 heterocycles. The summed E-state index contributed by atoms with van der Waals surface area (Å²) in [5, 5.41) is 3.47. The summed E-state index contributed by atoms with van der Waals surface area (Å²) >= 11 is 10.5. The molecule has 17 heavy (non-hydrogen) atoms. The van der Waals surface area contributed by atoms with Crippen LogP contribution in [0.2, 0.25) is 5.02 Å². The van der Waals surface area contributed by atoms with Gasteiger partial charge < -0.3 is 4.90 Å². The lowest BCUT2D eigenvalue weighted by Crippen LogP contribution is -2.28. The van der Waals surface area contributed by atoms with E-state index in [1.807, 2.05) is 17.4 Å². The molecule has 1 nitrogen and oxygen atoms in total. The maximum Gasteiger partial charge on any atom is 0.0921 e. The number of anilines is 1. The second kappa shape index (κ2) is 4.94. The van der Waals surface area contributed by atoms with Crippen molar-refractivity contribution in [2.75, 3.05) is 18.0 Å². The Kier molecular flexibility index (Phi) is 3.50. The number of piperidine rings is 1. The SMILES string of the molecule is Clc1ccc(I)c2sc(N3CCCCC3)cc12. The Morgan fingerprint density at radius 2 is 1.94 bits per heavy atom. The van der Waals surface area contributed by atoms with Gasteiger partial charge in [0, 0.05) is 27.1 Å². The van der Waals surface area contributed by atoms with Crippen LogP contribution in [-0.2, 0) is 0 Å². The van der Waals surface area contributed by atoms with Crippen LogP contribution in [0, 0.1) is 3.57 Å². The highest BCUT2D eigenvalue weighted by Crippen LogP contribution is 2.39. The zero-order chi connectivity index (χ0) is 11.8. The third-order valence-corrected chi connectivity index (χ3v) is 6.06. The maximum atomic E-state index is 6.27. The highest BCUT2D eigenvalue weighted by Gasteiger charge is 2.15. The molecule has 0 N–H and O–H groups in total. The molecule has 0 atom stereocenters. The fraction of sp³-hybridized carbons (Fsp3) is 0.385. The molecule has 0 bridgehead atoms. The zero-order valence-electron chi connectivity index (χ0n) is 9.38. The first-order valence-electron chi connectivity index (χ1n) is 5.88. The fourth-order valence-electron chi connectivity index (χ4n) is 2.31. The molecule has 1 aliphatic rings. The molecule has 0 radical (unpaired) electrons. The van der Waals surface area contributed by atoms with Crippen LogP contribution in [0.4, 0.5) is 5.00 Å².